The van der Waals surface area contributed by atoms with Crippen molar-refractivity contribution in [2.24, 2.45) is 0 Å². The maximum Gasteiger partial charge on any atom is 0.255 e. The molecule has 3 heterocycles. The normalized spacial score (nSPS) is 19.5. The third-order valence-corrected chi connectivity index (χ3v) is 8.07. The molecule has 210 valence electrons. The molecule has 0 spiro atoms. The molecule has 6 rings (SSSR count). The highest BCUT2D eigenvalue weighted by Crippen LogP contribution is 2.32. The van der Waals surface area contributed by atoms with E-state index in [1.165, 1.54) is 29.2 Å². The summed E-state index contributed by atoms with van der Waals surface area (Å²) in [4.78, 5) is 55.6. The number of carbonyl (C=O) groups excluding carboxylic acids is 4. The van der Waals surface area contributed by atoms with Crippen molar-refractivity contribution in [3.05, 3.63) is 106 Å². The quantitative estimate of drug-likeness (QED) is 0.486. The van der Waals surface area contributed by atoms with E-state index in [1.54, 1.807) is 35.2 Å². The molecule has 4 amide bonds. The maximum atomic E-state index is 14.1. The molecule has 0 bridgehead atoms. The Kier molecular flexibility index (Phi) is 7.08. The van der Waals surface area contributed by atoms with E-state index in [1.807, 2.05) is 12.1 Å². The van der Waals surface area contributed by atoms with E-state index >= 15 is 0 Å². The summed E-state index contributed by atoms with van der Waals surface area (Å²) < 4.78 is 28.3. The van der Waals surface area contributed by atoms with Crippen LogP contribution in [0.5, 0.6) is 0 Å². The first-order valence-electron chi connectivity index (χ1n) is 13.6. The summed E-state index contributed by atoms with van der Waals surface area (Å²) in [5.41, 5.74) is 2.98. The van der Waals surface area contributed by atoms with Gasteiger partial charge < -0.3 is 9.80 Å². The Bertz CT molecular complexity index is 1510. The van der Waals surface area contributed by atoms with E-state index in [0.29, 0.717) is 54.0 Å². The van der Waals surface area contributed by atoms with Crippen LogP contribution in [0.15, 0.2) is 66.7 Å². The van der Waals surface area contributed by atoms with Crippen molar-refractivity contribution in [1.82, 2.24) is 20.0 Å². The van der Waals surface area contributed by atoms with Crippen LogP contribution >= 0.6 is 0 Å². The van der Waals surface area contributed by atoms with Crippen molar-refractivity contribution in [3.8, 4) is 0 Å². The number of benzene rings is 3. The second kappa shape index (κ2) is 10.9. The summed E-state index contributed by atoms with van der Waals surface area (Å²) >= 11 is 0. The standard InChI is InChI=1S/C31H28F2N4O4/c32-23-5-1-3-19(16-23)28(20-4-2-6-24(33)17-20)35-11-13-36(14-12-35)30(40)21-7-8-25-22(15-21)18-37(31(25)41)26-9-10-27(38)34-29(26)39/h1-8,15-17,26,28H,9-14,18H2,(H,34,38,39). The number of fused-ring (bicyclic) bond motifs is 1. The molecular weight excluding hydrogens is 530 g/mol. The van der Waals surface area contributed by atoms with Gasteiger partial charge in [0.25, 0.3) is 11.8 Å². The highest BCUT2D eigenvalue weighted by molar-refractivity contribution is 6.06. The fraction of sp³-hybridized carbons (Fsp3) is 0.290. The molecule has 0 aromatic heterocycles. The Morgan fingerprint density at radius 1 is 0.854 bits per heavy atom. The van der Waals surface area contributed by atoms with Gasteiger partial charge >= 0.3 is 0 Å². The SMILES string of the molecule is O=C1CCC(N2Cc3cc(C(=O)N4CCN(C(c5cccc(F)c5)c5cccc(F)c5)CC4)ccc3C2=O)C(=O)N1. The first kappa shape index (κ1) is 26.8. The zero-order chi connectivity index (χ0) is 28.7. The van der Waals surface area contributed by atoms with Crippen molar-refractivity contribution < 1.29 is 28.0 Å². The molecule has 41 heavy (non-hydrogen) atoms. The molecule has 10 heteroatoms. The first-order valence-corrected chi connectivity index (χ1v) is 13.6. The summed E-state index contributed by atoms with van der Waals surface area (Å²) in [6.45, 7) is 2.02. The van der Waals surface area contributed by atoms with Gasteiger partial charge in [0, 0.05) is 50.3 Å². The van der Waals surface area contributed by atoms with Gasteiger partial charge in [-0.25, -0.2) is 8.78 Å². The minimum Gasteiger partial charge on any atom is -0.336 e. The molecular formula is C31H28F2N4O4. The predicted molar refractivity (Wildman–Crippen MR) is 145 cm³/mol. The van der Waals surface area contributed by atoms with Gasteiger partial charge in [-0.05, 0) is 65.6 Å². The van der Waals surface area contributed by atoms with Gasteiger partial charge in [-0.15, -0.1) is 0 Å². The Hall–Kier alpha value is -4.44. The third-order valence-electron chi connectivity index (χ3n) is 8.07. The number of imide groups is 1. The Balaban J connectivity index is 1.16. The van der Waals surface area contributed by atoms with E-state index in [0.717, 1.165) is 0 Å². The smallest absolute Gasteiger partial charge is 0.255 e. The van der Waals surface area contributed by atoms with Crippen molar-refractivity contribution in [1.29, 1.82) is 0 Å². The van der Waals surface area contributed by atoms with E-state index in [-0.39, 0.29) is 54.8 Å². The number of amides is 4. The highest BCUT2D eigenvalue weighted by Gasteiger charge is 2.39. The van der Waals surface area contributed by atoms with Crippen molar-refractivity contribution in [2.45, 2.75) is 31.5 Å². The second-order valence-corrected chi connectivity index (χ2v) is 10.6. The molecule has 8 nitrogen and oxygen atoms in total. The number of halogens is 2. The van der Waals surface area contributed by atoms with E-state index in [2.05, 4.69) is 10.2 Å². The molecule has 3 aliphatic rings. The summed E-state index contributed by atoms with van der Waals surface area (Å²) in [7, 11) is 0. The Labute approximate surface area is 235 Å². The molecule has 3 aromatic rings. The number of piperazine rings is 1. The van der Waals surface area contributed by atoms with Gasteiger partial charge in [0.15, 0.2) is 0 Å². The number of nitrogens with one attached hydrogen (secondary N) is 1. The van der Waals surface area contributed by atoms with Gasteiger partial charge in [0.1, 0.15) is 17.7 Å². The summed E-state index contributed by atoms with van der Waals surface area (Å²) in [6, 6.07) is 16.4. The molecule has 0 saturated carbocycles. The molecule has 1 unspecified atom stereocenters. The van der Waals surface area contributed by atoms with E-state index < -0.39 is 11.9 Å². The highest BCUT2D eigenvalue weighted by atomic mass is 19.1. The minimum atomic E-state index is -0.719. The number of rotatable bonds is 5. The average Bonchev–Trinajstić information content (AvgIpc) is 3.28. The predicted octanol–water partition coefficient (Wildman–Crippen LogP) is 3.27. The lowest BCUT2D eigenvalue weighted by molar-refractivity contribution is -0.136. The van der Waals surface area contributed by atoms with Gasteiger partial charge in [0.2, 0.25) is 11.8 Å². The first-order chi connectivity index (χ1) is 19.8. The molecule has 3 aliphatic heterocycles. The lowest BCUT2D eigenvalue weighted by atomic mass is 9.96. The van der Waals surface area contributed by atoms with Crippen LogP contribution in [-0.4, -0.2) is 70.5 Å². The molecule has 2 fully saturated rings. The van der Waals surface area contributed by atoms with E-state index in [4.69, 9.17) is 0 Å². The zero-order valence-corrected chi connectivity index (χ0v) is 22.2. The van der Waals surface area contributed by atoms with Crippen LogP contribution in [0.3, 0.4) is 0 Å². The van der Waals surface area contributed by atoms with Crippen LogP contribution < -0.4 is 5.32 Å². The van der Waals surface area contributed by atoms with Crippen LogP contribution in [0.1, 0.15) is 56.3 Å². The largest absolute Gasteiger partial charge is 0.336 e. The van der Waals surface area contributed by atoms with Crippen LogP contribution in [0, 0.1) is 11.6 Å². The van der Waals surface area contributed by atoms with Crippen molar-refractivity contribution in [2.75, 3.05) is 26.2 Å². The monoisotopic (exact) mass is 558 g/mol. The minimum absolute atomic E-state index is 0.172. The van der Waals surface area contributed by atoms with Crippen LogP contribution in [0.4, 0.5) is 8.78 Å². The molecule has 2 saturated heterocycles. The number of carbonyl (C=O) groups is 4. The summed E-state index contributed by atoms with van der Waals surface area (Å²) in [5.74, 6) is -2.03. The molecule has 0 aliphatic carbocycles. The lowest BCUT2D eigenvalue weighted by Gasteiger charge is -2.40. The average molecular weight is 559 g/mol. The van der Waals surface area contributed by atoms with Gasteiger partial charge in [-0.2, -0.15) is 0 Å². The molecule has 1 N–H and O–H groups in total. The van der Waals surface area contributed by atoms with Gasteiger partial charge in [-0.1, -0.05) is 24.3 Å². The van der Waals surface area contributed by atoms with Gasteiger partial charge in [-0.3, -0.25) is 29.4 Å². The van der Waals surface area contributed by atoms with Crippen LogP contribution in [-0.2, 0) is 16.1 Å². The Morgan fingerprint density at radius 3 is 2.12 bits per heavy atom. The van der Waals surface area contributed by atoms with Crippen LogP contribution in [0.25, 0.3) is 0 Å². The fourth-order valence-corrected chi connectivity index (χ4v) is 6.04. The lowest BCUT2D eigenvalue weighted by Crippen LogP contribution is -2.52. The molecule has 0 radical (unpaired) electrons. The maximum absolute atomic E-state index is 14.1. The van der Waals surface area contributed by atoms with E-state index in [9.17, 15) is 28.0 Å². The number of piperidine rings is 1. The zero-order valence-electron chi connectivity index (χ0n) is 22.2. The number of nitrogens with zero attached hydrogens (tertiary/aromatic N) is 3. The fourth-order valence-electron chi connectivity index (χ4n) is 6.04. The molecule has 3 aromatic carbocycles. The van der Waals surface area contributed by atoms with Crippen molar-refractivity contribution in [3.63, 3.8) is 0 Å². The third kappa shape index (κ3) is 5.22. The number of hydrogen-bond acceptors (Lipinski definition) is 5. The van der Waals surface area contributed by atoms with Crippen molar-refractivity contribution >= 4 is 23.6 Å². The molecule has 1 atom stereocenters. The Morgan fingerprint density at radius 2 is 1.51 bits per heavy atom. The topological polar surface area (TPSA) is 90.0 Å². The van der Waals surface area contributed by atoms with Gasteiger partial charge in [0.05, 0.1) is 6.04 Å². The number of hydrogen-bond donors (Lipinski definition) is 1. The summed E-state index contributed by atoms with van der Waals surface area (Å²) in [5, 5.41) is 2.29. The van der Waals surface area contributed by atoms with Crippen LogP contribution in [0.2, 0.25) is 0 Å². The summed E-state index contributed by atoms with van der Waals surface area (Å²) in [6.07, 6.45) is 0.443. The second-order valence-electron chi connectivity index (χ2n) is 10.6.